The highest BCUT2D eigenvalue weighted by atomic mass is 16.5. The third-order valence-electron chi connectivity index (χ3n) is 6.22. The monoisotopic (exact) mass is 435 g/mol. The van der Waals surface area contributed by atoms with Crippen LogP contribution in [0.4, 0.5) is 0 Å². The molecule has 3 unspecified atom stereocenters. The van der Waals surface area contributed by atoms with Gasteiger partial charge in [-0.2, -0.15) is 0 Å². The number of hydrogen-bond donors (Lipinski definition) is 2. The van der Waals surface area contributed by atoms with Crippen LogP contribution in [0, 0.1) is 5.92 Å². The summed E-state index contributed by atoms with van der Waals surface area (Å²) in [7, 11) is 1.77. The highest BCUT2D eigenvalue weighted by molar-refractivity contribution is 5.87. The SMILES string of the molecule is CC(C)c1c(O)c2c([nH]c1=O)=NCC(/C=C/C(=O)N(C)CC1Oc3ccccc3C1C)C=2. The first kappa shape index (κ1) is 21.9. The van der Waals surface area contributed by atoms with Crippen LogP contribution in [0.1, 0.15) is 43.7 Å². The number of amides is 1. The van der Waals surface area contributed by atoms with Crippen molar-refractivity contribution in [2.45, 2.75) is 38.7 Å². The molecule has 0 saturated heterocycles. The van der Waals surface area contributed by atoms with Crippen molar-refractivity contribution in [1.29, 1.82) is 0 Å². The van der Waals surface area contributed by atoms with Crippen molar-refractivity contribution in [1.82, 2.24) is 9.88 Å². The number of fused-ring (bicyclic) bond motifs is 2. The number of carbonyl (C=O) groups is 1. The number of aromatic nitrogens is 1. The standard InChI is InChI=1S/C25H29N3O4/c1-14(2)22-23(30)18-11-16(12-26-24(18)27-25(22)31)9-10-21(29)28(4)13-20-15(3)17-7-5-6-8-19(17)32-20/h5-11,14-16,20,30H,12-13H2,1-4H3,(H,26,27,31)/b10-9+. The average Bonchev–Trinajstić information content (AvgIpc) is 3.07. The van der Waals surface area contributed by atoms with Crippen LogP contribution in [0.15, 0.2) is 46.2 Å². The number of benzene rings is 1. The van der Waals surface area contributed by atoms with Crippen LogP contribution in [0.25, 0.3) is 6.08 Å². The summed E-state index contributed by atoms with van der Waals surface area (Å²) in [6.45, 7) is 6.71. The maximum Gasteiger partial charge on any atom is 0.256 e. The number of aromatic hydroxyl groups is 1. The lowest BCUT2D eigenvalue weighted by Crippen LogP contribution is -2.40. The van der Waals surface area contributed by atoms with Gasteiger partial charge in [0.15, 0.2) is 0 Å². The summed E-state index contributed by atoms with van der Waals surface area (Å²) in [4.78, 5) is 33.7. The van der Waals surface area contributed by atoms with Crippen LogP contribution in [0.3, 0.4) is 0 Å². The third kappa shape index (κ3) is 4.07. The summed E-state index contributed by atoms with van der Waals surface area (Å²) in [5, 5.41) is 11.1. The van der Waals surface area contributed by atoms with Crippen molar-refractivity contribution in [2.24, 2.45) is 10.9 Å². The first-order valence-corrected chi connectivity index (χ1v) is 11.0. The van der Waals surface area contributed by atoms with Gasteiger partial charge in [-0.3, -0.25) is 14.6 Å². The molecule has 3 atom stereocenters. The lowest BCUT2D eigenvalue weighted by atomic mass is 9.97. The lowest BCUT2D eigenvalue weighted by Gasteiger charge is -2.22. The van der Waals surface area contributed by atoms with Crippen molar-refractivity contribution >= 4 is 12.0 Å². The molecule has 1 aromatic heterocycles. The Morgan fingerprint density at radius 1 is 1.38 bits per heavy atom. The van der Waals surface area contributed by atoms with E-state index in [2.05, 4.69) is 23.0 Å². The number of hydrogen-bond acceptors (Lipinski definition) is 5. The van der Waals surface area contributed by atoms with Crippen LogP contribution in [0.2, 0.25) is 0 Å². The van der Waals surface area contributed by atoms with Gasteiger partial charge in [0.1, 0.15) is 23.1 Å². The first-order valence-electron chi connectivity index (χ1n) is 11.0. The van der Waals surface area contributed by atoms with E-state index >= 15 is 0 Å². The molecule has 7 nitrogen and oxygen atoms in total. The van der Waals surface area contributed by atoms with Crippen LogP contribution in [-0.4, -0.2) is 47.1 Å². The summed E-state index contributed by atoms with van der Waals surface area (Å²) in [5.74, 6) is 0.683. The van der Waals surface area contributed by atoms with E-state index < -0.39 is 0 Å². The minimum absolute atomic E-state index is 0.0315. The van der Waals surface area contributed by atoms with Crippen molar-refractivity contribution < 1.29 is 14.6 Å². The molecule has 0 radical (unpaired) electrons. The van der Waals surface area contributed by atoms with Crippen molar-refractivity contribution in [2.75, 3.05) is 20.1 Å². The normalized spacial score (nSPS) is 21.5. The van der Waals surface area contributed by atoms with Crippen LogP contribution in [0.5, 0.6) is 11.5 Å². The molecule has 1 amide bonds. The predicted molar refractivity (Wildman–Crippen MR) is 122 cm³/mol. The fourth-order valence-electron chi connectivity index (χ4n) is 4.32. The van der Waals surface area contributed by atoms with E-state index in [0.717, 1.165) is 5.75 Å². The molecule has 0 bridgehead atoms. The molecular weight excluding hydrogens is 406 g/mol. The van der Waals surface area contributed by atoms with Crippen LogP contribution < -0.4 is 21.0 Å². The maximum absolute atomic E-state index is 12.7. The number of nitrogens with one attached hydrogen (secondary N) is 1. The van der Waals surface area contributed by atoms with Gasteiger partial charge in [0.25, 0.3) is 5.56 Å². The Kier molecular flexibility index (Phi) is 5.91. The number of H-pyrrole nitrogens is 1. The zero-order chi connectivity index (χ0) is 23.0. The second kappa shape index (κ2) is 8.65. The van der Waals surface area contributed by atoms with E-state index in [1.54, 1.807) is 24.1 Å². The van der Waals surface area contributed by atoms with Crippen molar-refractivity contribution in [3.63, 3.8) is 0 Å². The molecule has 0 aliphatic carbocycles. The fourth-order valence-corrected chi connectivity index (χ4v) is 4.32. The van der Waals surface area contributed by atoms with Gasteiger partial charge in [-0.05, 0) is 18.1 Å². The summed E-state index contributed by atoms with van der Waals surface area (Å²) in [6, 6.07) is 7.98. The Morgan fingerprint density at radius 2 is 2.12 bits per heavy atom. The number of likely N-dealkylation sites (N-methyl/N-ethyl adjacent to an activating group) is 1. The molecule has 4 rings (SSSR count). The summed E-state index contributed by atoms with van der Waals surface area (Å²) in [5.41, 5.74) is 1.59. The highest BCUT2D eigenvalue weighted by Gasteiger charge is 2.32. The molecule has 1 aromatic carbocycles. The molecule has 2 aliphatic heterocycles. The molecule has 0 spiro atoms. The molecule has 7 heteroatoms. The fraction of sp³-hybridized carbons (Fsp3) is 0.400. The molecular formula is C25H29N3O4. The van der Waals surface area contributed by atoms with Gasteiger partial charge in [-0.1, -0.05) is 51.1 Å². The van der Waals surface area contributed by atoms with E-state index in [1.165, 1.54) is 5.56 Å². The Balaban J connectivity index is 1.46. The molecule has 2 aliphatic rings. The predicted octanol–water partition coefficient (Wildman–Crippen LogP) is 1.81. The van der Waals surface area contributed by atoms with E-state index in [0.29, 0.717) is 29.4 Å². The van der Waals surface area contributed by atoms with Crippen LogP contribution in [-0.2, 0) is 4.79 Å². The quantitative estimate of drug-likeness (QED) is 0.701. The lowest BCUT2D eigenvalue weighted by molar-refractivity contribution is -0.125. The van der Waals surface area contributed by atoms with E-state index in [-0.39, 0.29) is 41.1 Å². The summed E-state index contributed by atoms with van der Waals surface area (Å²) < 4.78 is 6.03. The summed E-state index contributed by atoms with van der Waals surface area (Å²) >= 11 is 0. The Hall–Kier alpha value is -3.35. The molecule has 168 valence electrons. The van der Waals surface area contributed by atoms with Gasteiger partial charge in [-0.25, -0.2) is 0 Å². The third-order valence-corrected chi connectivity index (χ3v) is 6.22. The van der Waals surface area contributed by atoms with E-state index in [4.69, 9.17) is 4.74 Å². The average molecular weight is 436 g/mol. The second-order valence-electron chi connectivity index (χ2n) is 8.87. The number of para-hydroxylation sites is 1. The number of aromatic amines is 1. The first-order chi connectivity index (χ1) is 15.3. The molecule has 2 aromatic rings. The molecule has 0 fully saturated rings. The minimum atomic E-state index is -0.315. The Morgan fingerprint density at radius 3 is 2.84 bits per heavy atom. The minimum Gasteiger partial charge on any atom is -0.507 e. The Bertz CT molecular complexity index is 1240. The van der Waals surface area contributed by atoms with Gasteiger partial charge in [0.05, 0.1) is 23.9 Å². The summed E-state index contributed by atoms with van der Waals surface area (Å²) in [6.07, 6.45) is 5.10. The molecule has 2 N–H and O–H groups in total. The second-order valence-corrected chi connectivity index (χ2v) is 8.87. The van der Waals surface area contributed by atoms with Gasteiger partial charge in [0, 0.05) is 24.4 Å². The number of nitrogens with zero attached hydrogens (tertiary/aromatic N) is 2. The van der Waals surface area contributed by atoms with E-state index in [9.17, 15) is 14.7 Å². The van der Waals surface area contributed by atoms with Crippen LogP contribution >= 0.6 is 0 Å². The molecule has 32 heavy (non-hydrogen) atoms. The smallest absolute Gasteiger partial charge is 0.256 e. The highest BCUT2D eigenvalue weighted by Crippen LogP contribution is 2.37. The molecule has 0 saturated carbocycles. The van der Waals surface area contributed by atoms with Gasteiger partial charge >= 0.3 is 0 Å². The van der Waals surface area contributed by atoms with Gasteiger partial charge in [-0.15, -0.1) is 0 Å². The zero-order valence-electron chi connectivity index (χ0n) is 18.8. The number of rotatable bonds is 5. The van der Waals surface area contributed by atoms with E-state index in [1.807, 2.05) is 38.1 Å². The van der Waals surface area contributed by atoms with Crippen molar-refractivity contribution in [3.05, 3.63) is 68.6 Å². The number of ether oxygens (including phenoxy) is 1. The van der Waals surface area contributed by atoms with Crippen molar-refractivity contribution in [3.8, 4) is 11.5 Å². The Labute approximate surface area is 186 Å². The topological polar surface area (TPSA) is 95.0 Å². The van der Waals surface area contributed by atoms with Gasteiger partial charge < -0.3 is 19.7 Å². The maximum atomic E-state index is 12.7. The molecule has 3 heterocycles. The zero-order valence-corrected chi connectivity index (χ0v) is 18.8. The van der Waals surface area contributed by atoms with Gasteiger partial charge in [0.2, 0.25) is 5.91 Å². The number of pyridine rings is 1. The largest absolute Gasteiger partial charge is 0.507 e. The number of carbonyl (C=O) groups excluding carboxylic acids is 1.